The maximum Gasteiger partial charge on any atom is 0.272 e. The fraction of sp³-hybridized carbons (Fsp3) is 0.227. The standard InChI is InChI=1S/C22H23ClN6O/c1-15(18-6-8-19(9-7-18)27-11-4-5-12-27)24-22(30)20-10-13-28(26-20)14-29-17(3)21(23)16(2)25-29/h4-13,15H,14H2,1-3H3,(H,24,30). The van der Waals surface area contributed by atoms with Gasteiger partial charge in [0.25, 0.3) is 5.91 Å². The van der Waals surface area contributed by atoms with Crippen molar-refractivity contribution in [1.29, 1.82) is 0 Å². The summed E-state index contributed by atoms with van der Waals surface area (Å²) in [5, 5.41) is 12.4. The molecule has 3 aromatic heterocycles. The van der Waals surface area contributed by atoms with E-state index in [1.165, 1.54) is 0 Å². The highest BCUT2D eigenvalue weighted by Gasteiger charge is 2.15. The van der Waals surface area contributed by atoms with Gasteiger partial charge >= 0.3 is 0 Å². The fourth-order valence-electron chi connectivity index (χ4n) is 3.31. The van der Waals surface area contributed by atoms with E-state index in [1.54, 1.807) is 21.6 Å². The lowest BCUT2D eigenvalue weighted by Crippen LogP contribution is -2.27. The second kappa shape index (κ2) is 8.20. The van der Waals surface area contributed by atoms with Gasteiger partial charge in [-0.3, -0.25) is 9.48 Å². The van der Waals surface area contributed by atoms with E-state index in [1.807, 2.05) is 74.1 Å². The Bertz CT molecular complexity index is 1160. The third-order valence-electron chi connectivity index (χ3n) is 5.09. The van der Waals surface area contributed by atoms with E-state index in [-0.39, 0.29) is 11.9 Å². The summed E-state index contributed by atoms with van der Waals surface area (Å²) < 4.78 is 5.47. The second-order valence-corrected chi connectivity index (χ2v) is 7.62. The molecule has 4 rings (SSSR count). The van der Waals surface area contributed by atoms with Crippen molar-refractivity contribution in [3.05, 3.63) is 88.7 Å². The van der Waals surface area contributed by atoms with Crippen LogP contribution in [-0.2, 0) is 6.67 Å². The largest absolute Gasteiger partial charge is 0.344 e. The van der Waals surface area contributed by atoms with Gasteiger partial charge in [-0.2, -0.15) is 10.2 Å². The van der Waals surface area contributed by atoms with Gasteiger partial charge in [0.1, 0.15) is 12.4 Å². The zero-order valence-electron chi connectivity index (χ0n) is 17.1. The minimum Gasteiger partial charge on any atom is -0.344 e. The number of hydrogen-bond donors (Lipinski definition) is 1. The molecule has 8 heteroatoms. The van der Waals surface area contributed by atoms with Crippen molar-refractivity contribution >= 4 is 17.5 Å². The van der Waals surface area contributed by atoms with Crippen molar-refractivity contribution < 1.29 is 4.79 Å². The Hall–Kier alpha value is -3.32. The molecule has 0 spiro atoms. The molecule has 1 atom stereocenters. The first kappa shape index (κ1) is 20.0. The molecule has 7 nitrogen and oxygen atoms in total. The molecule has 4 aromatic rings. The highest BCUT2D eigenvalue weighted by molar-refractivity contribution is 6.31. The molecule has 0 saturated heterocycles. The van der Waals surface area contributed by atoms with Crippen LogP contribution < -0.4 is 5.32 Å². The molecule has 0 aliphatic heterocycles. The van der Waals surface area contributed by atoms with E-state index in [2.05, 4.69) is 15.5 Å². The molecule has 1 unspecified atom stereocenters. The van der Waals surface area contributed by atoms with Crippen molar-refractivity contribution in [3.63, 3.8) is 0 Å². The van der Waals surface area contributed by atoms with E-state index in [9.17, 15) is 4.79 Å². The molecule has 1 N–H and O–H groups in total. The molecule has 30 heavy (non-hydrogen) atoms. The summed E-state index contributed by atoms with van der Waals surface area (Å²) in [7, 11) is 0. The molecule has 0 fully saturated rings. The number of amides is 1. The van der Waals surface area contributed by atoms with Crippen molar-refractivity contribution in [2.75, 3.05) is 0 Å². The highest BCUT2D eigenvalue weighted by Crippen LogP contribution is 2.19. The first-order chi connectivity index (χ1) is 14.4. The first-order valence-corrected chi connectivity index (χ1v) is 10.1. The van der Waals surface area contributed by atoms with E-state index in [0.29, 0.717) is 17.4 Å². The van der Waals surface area contributed by atoms with E-state index < -0.39 is 0 Å². The van der Waals surface area contributed by atoms with E-state index in [0.717, 1.165) is 22.6 Å². The average molecular weight is 423 g/mol. The van der Waals surface area contributed by atoms with Crippen LogP contribution in [0.25, 0.3) is 5.69 Å². The Morgan fingerprint density at radius 3 is 2.40 bits per heavy atom. The highest BCUT2D eigenvalue weighted by atomic mass is 35.5. The maximum absolute atomic E-state index is 12.6. The number of nitrogens with one attached hydrogen (secondary N) is 1. The minimum atomic E-state index is -0.220. The van der Waals surface area contributed by atoms with Gasteiger partial charge < -0.3 is 9.88 Å². The molecule has 0 aliphatic rings. The number of rotatable bonds is 6. The van der Waals surface area contributed by atoms with Crippen LogP contribution in [-0.4, -0.2) is 30.0 Å². The SMILES string of the molecule is Cc1nn(Cn2ccc(C(=O)NC(C)c3ccc(-n4cccc4)cc3)n2)c(C)c1Cl. The molecule has 1 amide bonds. The van der Waals surface area contributed by atoms with Crippen LogP contribution in [0.2, 0.25) is 5.02 Å². The normalized spacial score (nSPS) is 12.1. The number of benzene rings is 1. The zero-order valence-corrected chi connectivity index (χ0v) is 17.8. The van der Waals surface area contributed by atoms with Crippen molar-refractivity contribution in [3.8, 4) is 5.69 Å². The number of nitrogens with zero attached hydrogens (tertiary/aromatic N) is 5. The number of halogens is 1. The van der Waals surface area contributed by atoms with Gasteiger partial charge in [-0.05, 0) is 56.7 Å². The van der Waals surface area contributed by atoms with E-state index >= 15 is 0 Å². The number of carbonyl (C=O) groups is 1. The first-order valence-electron chi connectivity index (χ1n) is 9.69. The lowest BCUT2D eigenvalue weighted by molar-refractivity contribution is 0.0934. The molecular formula is C22H23ClN6O. The number of aromatic nitrogens is 5. The monoisotopic (exact) mass is 422 g/mol. The average Bonchev–Trinajstić information content (AvgIpc) is 3.48. The van der Waals surface area contributed by atoms with Gasteiger partial charge in [0.2, 0.25) is 0 Å². The van der Waals surface area contributed by atoms with Gasteiger partial charge in [0.15, 0.2) is 0 Å². The predicted molar refractivity (Wildman–Crippen MR) is 116 cm³/mol. The summed E-state index contributed by atoms with van der Waals surface area (Å²) in [6.45, 7) is 6.11. The van der Waals surface area contributed by atoms with Gasteiger partial charge in [-0.1, -0.05) is 23.7 Å². The molecule has 0 radical (unpaired) electrons. The van der Waals surface area contributed by atoms with Crippen LogP contribution in [0.4, 0.5) is 0 Å². The van der Waals surface area contributed by atoms with Crippen LogP contribution in [0.5, 0.6) is 0 Å². The summed E-state index contributed by atoms with van der Waals surface area (Å²) in [5.41, 5.74) is 4.10. The zero-order chi connectivity index (χ0) is 21.3. The summed E-state index contributed by atoms with van der Waals surface area (Å²) in [6, 6.07) is 13.6. The van der Waals surface area contributed by atoms with E-state index in [4.69, 9.17) is 11.6 Å². The molecule has 3 heterocycles. The quantitative estimate of drug-likeness (QED) is 0.507. The molecule has 154 valence electrons. The van der Waals surface area contributed by atoms with Crippen LogP contribution in [0.1, 0.15) is 40.4 Å². The minimum absolute atomic E-state index is 0.142. The molecular weight excluding hydrogens is 400 g/mol. The van der Waals surface area contributed by atoms with Gasteiger partial charge in [0, 0.05) is 24.3 Å². The van der Waals surface area contributed by atoms with Crippen molar-refractivity contribution in [2.24, 2.45) is 0 Å². The Morgan fingerprint density at radius 2 is 1.77 bits per heavy atom. The maximum atomic E-state index is 12.6. The number of hydrogen-bond acceptors (Lipinski definition) is 3. The van der Waals surface area contributed by atoms with Gasteiger partial charge in [-0.25, -0.2) is 4.68 Å². The van der Waals surface area contributed by atoms with Crippen LogP contribution in [0.3, 0.4) is 0 Å². The van der Waals surface area contributed by atoms with Crippen LogP contribution in [0.15, 0.2) is 61.1 Å². The van der Waals surface area contributed by atoms with Crippen molar-refractivity contribution in [2.45, 2.75) is 33.5 Å². The summed E-state index contributed by atoms with van der Waals surface area (Å²) in [6.07, 6.45) is 5.75. The Labute approximate surface area is 179 Å². The summed E-state index contributed by atoms with van der Waals surface area (Å²) in [4.78, 5) is 12.6. The number of aryl methyl sites for hydroxylation is 1. The van der Waals surface area contributed by atoms with Gasteiger partial charge in [-0.15, -0.1) is 0 Å². The third-order valence-corrected chi connectivity index (χ3v) is 5.64. The Kier molecular flexibility index (Phi) is 5.46. The van der Waals surface area contributed by atoms with Crippen molar-refractivity contribution in [1.82, 2.24) is 29.4 Å². The fourth-order valence-corrected chi connectivity index (χ4v) is 3.44. The Morgan fingerprint density at radius 1 is 1.07 bits per heavy atom. The summed E-state index contributed by atoms with van der Waals surface area (Å²) >= 11 is 6.20. The van der Waals surface area contributed by atoms with Gasteiger partial charge in [0.05, 0.1) is 22.5 Å². The second-order valence-electron chi connectivity index (χ2n) is 7.24. The topological polar surface area (TPSA) is 69.7 Å². The van der Waals surface area contributed by atoms with Crippen LogP contribution >= 0.6 is 11.6 Å². The lowest BCUT2D eigenvalue weighted by atomic mass is 10.1. The summed E-state index contributed by atoms with van der Waals surface area (Å²) in [5.74, 6) is -0.220. The third kappa shape index (κ3) is 4.02. The Balaban J connectivity index is 1.40. The smallest absolute Gasteiger partial charge is 0.272 e. The molecule has 1 aromatic carbocycles. The molecule has 0 saturated carbocycles. The van der Waals surface area contributed by atoms with Crippen LogP contribution in [0, 0.1) is 13.8 Å². The number of carbonyl (C=O) groups excluding carboxylic acids is 1. The molecule has 0 bridgehead atoms. The lowest BCUT2D eigenvalue weighted by Gasteiger charge is -2.14. The predicted octanol–water partition coefficient (Wildman–Crippen LogP) is 4.14. The molecule has 0 aliphatic carbocycles.